The van der Waals surface area contributed by atoms with Gasteiger partial charge in [-0.05, 0) is 19.3 Å². The largest absolute Gasteiger partial charge is 1.00 e. The van der Waals surface area contributed by atoms with Crippen molar-refractivity contribution in [2.24, 2.45) is 5.92 Å². The predicted octanol–water partition coefficient (Wildman–Crippen LogP) is 3.14. The van der Waals surface area contributed by atoms with E-state index in [9.17, 15) is 13.0 Å². The molecule has 4 nitrogen and oxygen atoms in total. The molecule has 0 saturated carbocycles. The van der Waals surface area contributed by atoms with Crippen molar-refractivity contribution in [3.05, 3.63) is 12.2 Å². The first-order chi connectivity index (χ1) is 12.0. The van der Waals surface area contributed by atoms with Crippen molar-refractivity contribution in [1.82, 2.24) is 0 Å². The summed E-state index contributed by atoms with van der Waals surface area (Å²) < 4.78 is 36.5. The zero-order chi connectivity index (χ0) is 18.8. The minimum Gasteiger partial charge on any atom is -0.726 e. The molecule has 0 aliphatic carbocycles. The van der Waals surface area contributed by atoms with E-state index in [0.29, 0.717) is 0 Å². The molecule has 1 atom stereocenters. The van der Waals surface area contributed by atoms with Gasteiger partial charge in [-0.2, -0.15) is 0 Å². The van der Waals surface area contributed by atoms with Gasteiger partial charge in [0.1, 0.15) is 0 Å². The fourth-order valence-electron chi connectivity index (χ4n) is 2.92. The average molecular weight is 415 g/mol. The third-order valence-electron chi connectivity index (χ3n) is 4.49. The van der Waals surface area contributed by atoms with Gasteiger partial charge in [0, 0.05) is 5.92 Å². The van der Waals surface area contributed by atoms with Crippen LogP contribution in [-0.4, -0.2) is 19.6 Å². The molecule has 0 heterocycles. The number of hydrogen-bond donors (Lipinski definition) is 0. The fraction of sp³-hybridized carbons (Fsp3) is 0.900. The maximum atomic E-state index is 10.7. The minimum absolute atomic E-state index is 0. The van der Waals surface area contributed by atoms with Crippen LogP contribution in [0.1, 0.15) is 104 Å². The van der Waals surface area contributed by atoms with Gasteiger partial charge in [-0.25, -0.2) is 8.42 Å². The van der Waals surface area contributed by atoms with Gasteiger partial charge in [0.05, 0.1) is 6.61 Å². The fourth-order valence-corrected chi connectivity index (χ4v) is 3.27. The Kier molecular flexibility index (Phi) is 23.7. The summed E-state index contributed by atoms with van der Waals surface area (Å²) in [6.45, 7) is 4.38. The summed E-state index contributed by atoms with van der Waals surface area (Å²) in [6, 6.07) is 0. The van der Waals surface area contributed by atoms with E-state index in [-0.39, 0.29) is 63.9 Å². The van der Waals surface area contributed by atoms with Gasteiger partial charge in [0.2, 0.25) is 10.4 Å². The minimum atomic E-state index is -4.59. The first kappa shape index (κ1) is 29.4. The second-order valence-electron chi connectivity index (χ2n) is 6.99. The summed E-state index contributed by atoms with van der Waals surface area (Å²) in [6.07, 6.45) is 21.0. The van der Waals surface area contributed by atoms with Gasteiger partial charge < -0.3 is 4.55 Å². The molecule has 0 rings (SSSR count). The first-order valence-electron chi connectivity index (χ1n) is 10.3. The topological polar surface area (TPSA) is 66.4 Å². The molecule has 150 valence electrons. The zero-order valence-corrected chi connectivity index (χ0v) is 21.3. The molecule has 1 unspecified atom stereocenters. The maximum absolute atomic E-state index is 10.7. The van der Waals surface area contributed by atoms with E-state index < -0.39 is 10.4 Å². The number of rotatable bonds is 18. The van der Waals surface area contributed by atoms with Gasteiger partial charge in [0.15, 0.2) is 0 Å². The zero-order valence-electron chi connectivity index (χ0n) is 17.4. The molecule has 0 aliphatic rings. The van der Waals surface area contributed by atoms with E-state index >= 15 is 0 Å². The summed E-state index contributed by atoms with van der Waals surface area (Å²) in [5.41, 5.74) is 0. The van der Waals surface area contributed by atoms with Crippen LogP contribution in [0.4, 0.5) is 0 Å². The molecule has 26 heavy (non-hydrogen) atoms. The van der Waals surface area contributed by atoms with Crippen LogP contribution in [0.15, 0.2) is 12.2 Å². The number of hydrogen-bond acceptors (Lipinski definition) is 4. The molecule has 0 fully saturated rings. The van der Waals surface area contributed by atoms with Gasteiger partial charge in [0.25, 0.3) is 0 Å². The van der Waals surface area contributed by atoms with Gasteiger partial charge in [-0.3, -0.25) is 4.18 Å². The van der Waals surface area contributed by atoms with E-state index in [1.54, 1.807) is 0 Å². The van der Waals surface area contributed by atoms with E-state index in [2.05, 4.69) is 24.1 Å². The Morgan fingerprint density at radius 1 is 0.846 bits per heavy atom. The summed E-state index contributed by atoms with van der Waals surface area (Å²) >= 11 is 0. The molecule has 0 saturated heterocycles. The molecular weight excluding hydrogens is 375 g/mol. The van der Waals surface area contributed by atoms with Crippen LogP contribution in [-0.2, 0) is 14.6 Å². The Morgan fingerprint density at radius 2 is 1.35 bits per heavy atom. The van der Waals surface area contributed by atoms with Gasteiger partial charge in [-0.15, -0.1) is 0 Å². The van der Waals surface area contributed by atoms with E-state index in [1.165, 1.54) is 57.8 Å². The molecule has 0 N–H and O–H groups in total. The van der Waals surface area contributed by atoms with Crippen LogP contribution < -0.4 is 51.4 Å². The smallest absolute Gasteiger partial charge is 0.726 e. The number of allylic oxidation sites excluding steroid dienone is 1. The van der Waals surface area contributed by atoms with Crippen molar-refractivity contribution in [3.63, 3.8) is 0 Å². The quantitative estimate of drug-likeness (QED) is 0.114. The van der Waals surface area contributed by atoms with Gasteiger partial charge >= 0.3 is 51.4 Å². The van der Waals surface area contributed by atoms with Crippen LogP contribution in [0.3, 0.4) is 0 Å². The van der Waals surface area contributed by atoms with E-state index in [0.717, 1.165) is 32.1 Å². The summed E-state index contributed by atoms with van der Waals surface area (Å²) in [4.78, 5) is 0. The molecule has 6 heteroatoms. The van der Waals surface area contributed by atoms with Crippen LogP contribution in [0.5, 0.6) is 0 Å². The Labute approximate surface area is 205 Å². The Hall–Kier alpha value is 1.25. The van der Waals surface area contributed by atoms with Crippen LogP contribution in [0.25, 0.3) is 0 Å². The van der Waals surface area contributed by atoms with Crippen molar-refractivity contribution >= 4 is 10.4 Å². The van der Waals surface area contributed by atoms with Crippen molar-refractivity contribution in [2.45, 2.75) is 104 Å². The SMILES string of the molecule is CCCCC/C=C/C(CCCCCCCCCCC)COS(=O)(=O)[O-].[K+]. The Bertz CT molecular complexity index is 410. The molecule has 0 aromatic carbocycles. The normalized spacial score (nSPS) is 13.0. The molecule has 0 aliphatic heterocycles. The predicted molar refractivity (Wildman–Crippen MR) is 104 cm³/mol. The van der Waals surface area contributed by atoms with Crippen LogP contribution >= 0.6 is 0 Å². The van der Waals surface area contributed by atoms with Crippen molar-refractivity contribution in [1.29, 1.82) is 0 Å². The summed E-state index contributed by atoms with van der Waals surface area (Å²) in [5.74, 6) is 0.0231. The van der Waals surface area contributed by atoms with Crippen molar-refractivity contribution in [3.8, 4) is 0 Å². The van der Waals surface area contributed by atoms with Crippen LogP contribution in [0.2, 0.25) is 0 Å². The molecule has 0 amide bonds. The standard InChI is InChI=1S/C20H40O4S.K/c1-3-5-7-9-10-11-12-14-16-18-20(19-24-25(21,22)23)17-15-13-8-6-4-2;/h15,17,20H,3-14,16,18-19H2,1-2H3,(H,21,22,23);/q;+1/p-1/b17-15+;. The Balaban J connectivity index is 0. The summed E-state index contributed by atoms with van der Waals surface area (Å²) in [5, 5.41) is 0. The third-order valence-corrected chi connectivity index (χ3v) is 4.91. The molecule has 0 aromatic rings. The molecule has 0 bridgehead atoms. The van der Waals surface area contributed by atoms with E-state index in [4.69, 9.17) is 0 Å². The third kappa shape index (κ3) is 23.3. The molecule has 0 radical (unpaired) electrons. The molecule has 0 spiro atoms. The first-order valence-corrected chi connectivity index (χ1v) is 11.6. The second-order valence-corrected chi connectivity index (χ2v) is 8.05. The molecular formula is C20H39KO4S. The molecule has 0 aromatic heterocycles. The van der Waals surface area contributed by atoms with Crippen molar-refractivity contribution < 1.29 is 68.5 Å². The Morgan fingerprint density at radius 3 is 1.88 bits per heavy atom. The maximum Gasteiger partial charge on any atom is 1.00 e. The van der Waals surface area contributed by atoms with E-state index in [1.807, 2.05) is 6.08 Å². The average Bonchev–Trinajstić information content (AvgIpc) is 2.56. The van der Waals surface area contributed by atoms with Crippen LogP contribution in [0, 0.1) is 5.92 Å². The second kappa shape index (κ2) is 21.0. The summed E-state index contributed by atoms with van der Waals surface area (Å²) in [7, 11) is -4.59. The van der Waals surface area contributed by atoms with Crippen molar-refractivity contribution in [2.75, 3.05) is 6.61 Å². The van der Waals surface area contributed by atoms with Gasteiger partial charge in [-0.1, -0.05) is 96.6 Å². The number of unbranched alkanes of at least 4 members (excludes halogenated alkanes) is 11. The monoisotopic (exact) mass is 414 g/mol.